The smallest absolute Gasteiger partial charge is 0.427 e. The minimum Gasteiger partial charge on any atom is -0.495 e. The number of alkyl halides is 3. The van der Waals surface area contributed by atoms with Gasteiger partial charge in [-0.2, -0.15) is 13.2 Å². The number of nitrogens with one attached hydrogen (secondary N) is 1. The molecule has 130 valence electrons. The molecular weight excluding hydrogens is 339 g/mol. The SMILES string of the molecule is COc1ccccc1N1CCC(CNc2ncc(C(F)(F)F)s2)C1. The van der Waals surface area contributed by atoms with Crippen LogP contribution in [-0.4, -0.2) is 31.7 Å². The van der Waals surface area contributed by atoms with Crippen LogP contribution in [0.3, 0.4) is 0 Å². The predicted molar refractivity (Wildman–Crippen MR) is 88.9 cm³/mol. The number of anilines is 2. The molecule has 2 heterocycles. The Labute approximate surface area is 142 Å². The molecule has 1 aromatic heterocycles. The largest absolute Gasteiger partial charge is 0.495 e. The van der Waals surface area contributed by atoms with Crippen LogP contribution < -0.4 is 15.0 Å². The fourth-order valence-electron chi connectivity index (χ4n) is 2.83. The Morgan fingerprint density at radius 1 is 1.38 bits per heavy atom. The monoisotopic (exact) mass is 357 g/mol. The van der Waals surface area contributed by atoms with Crippen LogP contribution in [0.2, 0.25) is 0 Å². The van der Waals surface area contributed by atoms with E-state index in [0.717, 1.165) is 37.1 Å². The van der Waals surface area contributed by atoms with Crippen molar-refractivity contribution < 1.29 is 17.9 Å². The maximum absolute atomic E-state index is 12.6. The summed E-state index contributed by atoms with van der Waals surface area (Å²) in [5, 5.41) is 3.35. The molecular formula is C16H18F3N3OS. The molecule has 0 aliphatic carbocycles. The first-order valence-electron chi connectivity index (χ1n) is 7.62. The van der Waals surface area contributed by atoms with Crippen LogP contribution in [0, 0.1) is 5.92 Å². The molecule has 4 nitrogen and oxygen atoms in total. The van der Waals surface area contributed by atoms with Crippen molar-refractivity contribution >= 4 is 22.2 Å². The van der Waals surface area contributed by atoms with Crippen LogP contribution >= 0.6 is 11.3 Å². The summed E-state index contributed by atoms with van der Waals surface area (Å²) in [5.74, 6) is 1.19. The Hall–Kier alpha value is -1.96. The van der Waals surface area contributed by atoms with E-state index in [4.69, 9.17) is 4.74 Å². The lowest BCUT2D eigenvalue weighted by atomic mass is 10.1. The van der Waals surface area contributed by atoms with E-state index in [0.29, 0.717) is 28.9 Å². The van der Waals surface area contributed by atoms with Gasteiger partial charge in [0.1, 0.15) is 10.6 Å². The maximum Gasteiger partial charge on any atom is 0.427 e. The van der Waals surface area contributed by atoms with Crippen LogP contribution in [0.5, 0.6) is 5.75 Å². The van der Waals surface area contributed by atoms with E-state index in [1.165, 1.54) is 0 Å². The quantitative estimate of drug-likeness (QED) is 0.874. The van der Waals surface area contributed by atoms with Gasteiger partial charge in [0.2, 0.25) is 0 Å². The van der Waals surface area contributed by atoms with Gasteiger partial charge >= 0.3 is 6.18 Å². The van der Waals surface area contributed by atoms with E-state index in [2.05, 4.69) is 15.2 Å². The standard InChI is InChI=1S/C16H18F3N3OS/c1-23-13-5-3-2-4-12(13)22-7-6-11(10-22)8-20-15-21-9-14(24-15)16(17,18)19/h2-5,9,11H,6-8,10H2,1H3,(H,20,21). The summed E-state index contributed by atoms with van der Waals surface area (Å²) >= 11 is 0.646. The molecule has 1 fully saturated rings. The van der Waals surface area contributed by atoms with Crippen molar-refractivity contribution in [3.8, 4) is 5.75 Å². The molecule has 3 rings (SSSR count). The Kier molecular flexibility index (Phi) is 4.84. The Morgan fingerprint density at radius 2 is 2.17 bits per heavy atom. The van der Waals surface area contributed by atoms with E-state index in [1.54, 1.807) is 7.11 Å². The van der Waals surface area contributed by atoms with Crippen LogP contribution in [0.15, 0.2) is 30.5 Å². The van der Waals surface area contributed by atoms with Gasteiger partial charge in [0.25, 0.3) is 0 Å². The molecule has 2 aromatic rings. The number of benzene rings is 1. The normalized spacial score (nSPS) is 18.0. The van der Waals surface area contributed by atoms with Crippen molar-refractivity contribution in [2.24, 2.45) is 5.92 Å². The molecule has 1 atom stereocenters. The number of nitrogens with zero attached hydrogens (tertiary/aromatic N) is 2. The van der Waals surface area contributed by atoms with E-state index < -0.39 is 11.1 Å². The molecule has 1 unspecified atom stereocenters. The van der Waals surface area contributed by atoms with Crippen molar-refractivity contribution in [1.29, 1.82) is 0 Å². The number of aromatic nitrogens is 1. The average molecular weight is 357 g/mol. The van der Waals surface area contributed by atoms with E-state index in [1.807, 2.05) is 24.3 Å². The van der Waals surface area contributed by atoms with Crippen LogP contribution in [0.4, 0.5) is 24.0 Å². The van der Waals surface area contributed by atoms with Crippen LogP contribution in [0.1, 0.15) is 11.3 Å². The van der Waals surface area contributed by atoms with Crippen molar-refractivity contribution in [2.75, 3.05) is 37.0 Å². The Balaban J connectivity index is 1.56. The number of thiazole rings is 1. The second-order valence-corrected chi connectivity index (χ2v) is 6.71. The van der Waals surface area contributed by atoms with Gasteiger partial charge in [0, 0.05) is 19.6 Å². The highest BCUT2D eigenvalue weighted by atomic mass is 32.1. The fraction of sp³-hybridized carbons (Fsp3) is 0.438. The Morgan fingerprint density at radius 3 is 2.88 bits per heavy atom. The molecule has 1 aliphatic heterocycles. The summed E-state index contributed by atoms with van der Waals surface area (Å²) in [7, 11) is 1.65. The summed E-state index contributed by atoms with van der Waals surface area (Å²) in [5.41, 5.74) is 1.05. The molecule has 0 amide bonds. The second-order valence-electron chi connectivity index (χ2n) is 5.68. The summed E-state index contributed by atoms with van der Waals surface area (Å²) in [6.07, 6.45) is -2.48. The molecule has 1 aromatic carbocycles. The van der Waals surface area contributed by atoms with Crippen LogP contribution in [-0.2, 0) is 6.18 Å². The van der Waals surface area contributed by atoms with Crippen molar-refractivity contribution in [1.82, 2.24) is 4.98 Å². The molecule has 1 aliphatic rings. The van der Waals surface area contributed by atoms with Crippen molar-refractivity contribution in [3.63, 3.8) is 0 Å². The Bertz CT molecular complexity index is 689. The van der Waals surface area contributed by atoms with Gasteiger partial charge in [0.15, 0.2) is 5.13 Å². The third-order valence-electron chi connectivity index (χ3n) is 4.04. The van der Waals surface area contributed by atoms with Crippen molar-refractivity contribution in [2.45, 2.75) is 12.6 Å². The molecule has 8 heteroatoms. The van der Waals surface area contributed by atoms with Gasteiger partial charge in [0.05, 0.1) is 19.0 Å². The summed E-state index contributed by atoms with van der Waals surface area (Å²) < 4.78 is 43.1. The topological polar surface area (TPSA) is 37.4 Å². The third-order valence-corrected chi connectivity index (χ3v) is 5.04. The maximum atomic E-state index is 12.6. The summed E-state index contributed by atoms with van der Waals surface area (Å²) in [6.45, 7) is 2.35. The lowest BCUT2D eigenvalue weighted by molar-refractivity contribution is -0.134. The minimum absolute atomic E-state index is 0.318. The molecule has 24 heavy (non-hydrogen) atoms. The fourth-order valence-corrected chi connectivity index (χ4v) is 3.52. The van der Waals surface area contributed by atoms with E-state index in [9.17, 15) is 13.2 Å². The second kappa shape index (κ2) is 6.88. The van der Waals surface area contributed by atoms with Gasteiger partial charge in [-0.3, -0.25) is 0 Å². The number of para-hydroxylation sites is 2. The number of ether oxygens (including phenoxy) is 1. The summed E-state index contributed by atoms with van der Waals surface area (Å²) in [4.78, 5) is 5.37. The molecule has 0 radical (unpaired) electrons. The molecule has 0 saturated carbocycles. The number of hydrogen-bond acceptors (Lipinski definition) is 5. The molecule has 1 N–H and O–H groups in total. The van der Waals surface area contributed by atoms with Crippen LogP contribution in [0.25, 0.3) is 0 Å². The highest BCUT2D eigenvalue weighted by molar-refractivity contribution is 7.15. The highest BCUT2D eigenvalue weighted by Crippen LogP contribution is 2.35. The number of rotatable bonds is 5. The average Bonchev–Trinajstić information content (AvgIpc) is 3.21. The van der Waals surface area contributed by atoms with Gasteiger partial charge in [-0.1, -0.05) is 23.5 Å². The first-order chi connectivity index (χ1) is 11.5. The van der Waals surface area contributed by atoms with Gasteiger partial charge in [-0.15, -0.1) is 0 Å². The lowest BCUT2D eigenvalue weighted by Gasteiger charge is -2.21. The molecule has 1 saturated heterocycles. The van der Waals surface area contributed by atoms with Crippen molar-refractivity contribution in [3.05, 3.63) is 35.3 Å². The molecule has 0 spiro atoms. The zero-order chi connectivity index (χ0) is 17.2. The minimum atomic E-state index is -4.33. The molecule has 0 bridgehead atoms. The number of halogens is 3. The third kappa shape index (κ3) is 3.75. The van der Waals surface area contributed by atoms with Gasteiger partial charge in [-0.25, -0.2) is 4.98 Å². The first-order valence-corrected chi connectivity index (χ1v) is 8.44. The predicted octanol–water partition coefficient (Wildman–Crippen LogP) is 4.11. The highest BCUT2D eigenvalue weighted by Gasteiger charge is 2.33. The first kappa shape index (κ1) is 16.9. The summed E-state index contributed by atoms with van der Waals surface area (Å²) in [6, 6.07) is 7.84. The van der Waals surface area contributed by atoms with Gasteiger partial charge in [-0.05, 0) is 24.5 Å². The van der Waals surface area contributed by atoms with E-state index in [-0.39, 0.29) is 0 Å². The zero-order valence-corrected chi connectivity index (χ0v) is 14.0. The zero-order valence-electron chi connectivity index (χ0n) is 13.1. The van der Waals surface area contributed by atoms with E-state index >= 15 is 0 Å². The van der Waals surface area contributed by atoms with Gasteiger partial charge < -0.3 is 15.0 Å². The number of hydrogen-bond donors (Lipinski definition) is 1. The number of methoxy groups -OCH3 is 1. The lowest BCUT2D eigenvalue weighted by Crippen LogP contribution is -2.22.